The molecule has 0 atom stereocenters. The summed E-state index contributed by atoms with van der Waals surface area (Å²) in [5, 5.41) is 0. The summed E-state index contributed by atoms with van der Waals surface area (Å²) in [6, 6.07) is 0. The topological polar surface area (TPSA) is 0 Å². The molecule has 0 radical (unpaired) electrons. The van der Waals surface area contributed by atoms with E-state index in [1.54, 1.807) is 0 Å². The minimum atomic E-state index is 0.886. The van der Waals surface area contributed by atoms with Gasteiger partial charge in [-0.2, -0.15) is 0 Å². The first-order chi connectivity index (χ1) is 3.63. The van der Waals surface area contributed by atoms with Gasteiger partial charge in [0, 0.05) is 0 Å². The number of hydrogen-bond donors (Lipinski definition) is 0. The molecule has 0 saturated carbocycles. The van der Waals surface area contributed by atoms with Gasteiger partial charge in [-0.15, -0.1) is 0 Å². The molecule has 0 heteroatoms. The van der Waals surface area contributed by atoms with Gasteiger partial charge < -0.3 is 0 Å². The third-order valence-electron chi connectivity index (χ3n) is 1.32. The molecule has 0 aromatic rings. The molecular formula is C8H18. The van der Waals surface area contributed by atoms with E-state index in [9.17, 15) is 0 Å². The average molecular weight is 114 g/mol. The Morgan fingerprint density at radius 1 is 0.750 bits per heavy atom. The SMILES string of the molecule is CC(C)CCC(C)C. The molecule has 0 unspecified atom stereocenters. The van der Waals surface area contributed by atoms with Crippen LogP contribution >= 0.6 is 0 Å². The van der Waals surface area contributed by atoms with E-state index >= 15 is 0 Å². The highest BCUT2D eigenvalue weighted by Crippen LogP contribution is 2.09. The van der Waals surface area contributed by atoms with E-state index in [1.165, 1.54) is 12.8 Å². The third kappa shape index (κ3) is 6.00. The minimum Gasteiger partial charge on any atom is -0.0628 e. The highest BCUT2D eigenvalue weighted by Gasteiger charge is 1.95. The van der Waals surface area contributed by atoms with Crippen LogP contribution in [0.5, 0.6) is 0 Å². The lowest BCUT2D eigenvalue weighted by Gasteiger charge is -2.05. The summed E-state index contributed by atoms with van der Waals surface area (Å²) in [6.07, 6.45) is 2.77. The van der Waals surface area contributed by atoms with Crippen LogP contribution in [0.25, 0.3) is 0 Å². The van der Waals surface area contributed by atoms with Gasteiger partial charge in [0.1, 0.15) is 0 Å². The smallest absolute Gasteiger partial charge is 0.0471 e. The van der Waals surface area contributed by atoms with Gasteiger partial charge in [-0.05, 0) is 11.8 Å². The van der Waals surface area contributed by atoms with Crippen molar-refractivity contribution in [3.63, 3.8) is 0 Å². The van der Waals surface area contributed by atoms with Gasteiger partial charge in [-0.1, -0.05) is 40.5 Å². The normalized spacial score (nSPS) is 11.2. The summed E-state index contributed by atoms with van der Waals surface area (Å²) in [7, 11) is 0. The lowest BCUT2D eigenvalue weighted by Crippen LogP contribution is -1.91. The van der Waals surface area contributed by atoms with Crippen LogP contribution in [0.3, 0.4) is 0 Å². The van der Waals surface area contributed by atoms with Crippen LogP contribution in [-0.4, -0.2) is 0 Å². The lowest BCUT2D eigenvalue weighted by molar-refractivity contribution is 0.476. The van der Waals surface area contributed by atoms with E-state index in [0.29, 0.717) is 0 Å². The van der Waals surface area contributed by atoms with Crippen molar-refractivity contribution in [3.05, 3.63) is 0 Å². The Labute approximate surface area is 53.3 Å². The standard InChI is InChI=1S/C8H18/c1-7(2)5-6-8(3)4/h7-8H,5-6H2,1-4H3. The molecular weight excluding hydrogens is 96.1 g/mol. The van der Waals surface area contributed by atoms with Crippen molar-refractivity contribution in [2.45, 2.75) is 40.5 Å². The van der Waals surface area contributed by atoms with Gasteiger partial charge in [0.2, 0.25) is 0 Å². The van der Waals surface area contributed by atoms with E-state index in [1.807, 2.05) is 0 Å². The number of hydrogen-bond acceptors (Lipinski definition) is 0. The predicted molar refractivity (Wildman–Crippen MR) is 38.9 cm³/mol. The summed E-state index contributed by atoms with van der Waals surface area (Å²) in [5.41, 5.74) is 0. The van der Waals surface area contributed by atoms with Crippen molar-refractivity contribution in [2.75, 3.05) is 0 Å². The van der Waals surface area contributed by atoms with E-state index in [2.05, 4.69) is 27.7 Å². The van der Waals surface area contributed by atoms with E-state index < -0.39 is 0 Å². The van der Waals surface area contributed by atoms with Crippen molar-refractivity contribution in [2.24, 2.45) is 11.8 Å². The fraction of sp³-hybridized carbons (Fsp3) is 1.00. The largest absolute Gasteiger partial charge is 0.0628 e. The van der Waals surface area contributed by atoms with E-state index in [4.69, 9.17) is 0 Å². The fourth-order valence-electron chi connectivity index (χ4n) is 0.667. The van der Waals surface area contributed by atoms with Crippen LogP contribution in [0.1, 0.15) is 40.5 Å². The van der Waals surface area contributed by atoms with Gasteiger partial charge in [0.15, 0.2) is 0 Å². The molecule has 0 aliphatic heterocycles. The van der Waals surface area contributed by atoms with E-state index in [-0.39, 0.29) is 0 Å². The van der Waals surface area contributed by atoms with Gasteiger partial charge in [-0.25, -0.2) is 0 Å². The van der Waals surface area contributed by atoms with Gasteiger partial charge in [0.05, 0.1) is 0 Å². The molecule has 0 nitrogen and oxygen atoms in total. The Morgan fingerprint density at radius 2 is 1.00 bits per heavy atom. The summed E-state index contributed by atoms with van der Waals surface area (Å²) >= 11 is 0. The molecule has 0 aromatic carbocycles. The van der Waals surface area contributed by atoms with Crippen molar-refractivity contribution in [3.8, 4) is 0 Å². The zero-order valence-electron chi connectivity index (χ0n) is 6.57. The second-order valence-electron chi connectivity index (χ2n) is 3.37. The van der Waals surface area contributed by atoms with Crippen LogP contribution in [0.15, 0.2) is 0 Å². The Kier molecular flexibility index (Phi) is 3.94. The lowest BCUT2D eigenvalue weighted by atomic mass is 10.0. The molecule has 0 spiro atoms. The molecule has 0 rings (SSSR count). The molecule has 0 aliphatic carbocycles. The van der Waals surface area contributed by atoms with Crippen molar-refractivity contribution < 1.29 is 0 Å². The quantitative estimate of drug-likeness (QED) is 0.529. The van der Waals surface area contributed by atoms with Crippen molar-refractivity contribution in [1.29, 1.82) is 0 Å². The summed E-state index contributed by atoms with van der Waals surface area (Å²) in [6.45, 7) is 9.12. The zero-order valence-corrected chi connectivity index (χ0v) is 6.57. The maximum Gasteiger partial charge on any atom is -0.0471 e. The second-order valence-corrected chi connectivity index (χ2v) is 3.37. The van der Waals surface area contributed by atoms with E-state index in [0.717, 1.165) is 11.8 Å². The predicted octanol–water partition coefficient (Wildman–Crippen LogP) is 3.08. The molecule has 0 N–H and O–H groups in total. The highest BCUT2D eigenvalue weighted by molar-refractivity contribution is 4.48. The first-order valence-electron chi connectivity index (χ1n) is 3.63. The highest BCUT2D eigenvalue weighted by atomic mass is 14.0. The Balaban J connectivity index is 2.93. The van der Waals surface area contributed by atoms with Crippen molar-refractivity contribution >= 4 is 0 Å². The molecule has 0 amide bonds. The van der Waals surface area contributed by atoms with Crippen LogP contribution in [0.4, 0.5) is 0 Å². The van der Waals surface area contributed by atoms with Gasteiger partial charge in [0.25, 0.3) is 0 Å². The summed E-state index contributed by atoms with van der Waals surface area (Å²) in [4.78, 5) is 0. The molecule has 0 aliphatic rings. The summed E-state index contributed by atoms with van der Waals surface area (Å²) < 4.78 is 0. The monoisotopic (exact) mass is 114 g/mol. The Bertz CT molecular complexity index is 36.0. The Hall–Kier alpha value is 0. The molecule has 50 valence electrons. The van der Waals surface area contributed by atoms with Crippen LogP contribution in [0, 0.1) is 11.8 Å². The number of rotatable bonds is 3. The molecule has 0 bridgehead atoms. The zero-order chi connectivity index (χ0) is 6.57. The summed E-state index contributed by atoms with van der Waals surface area (Å²) in [5.74, 6) is 1.77. The molecule has 8 heavy (non-hydrogen) atoms. The second kappa shape index (κ2) is 3.94. The first-order valence-corrected chi connectivity index (χ1v) is 3.63. The minimum absolute atomic E-state index is 0.886. The van der Waals surface area contributed by atoms with Crippen LogP contribution in [-0.2, 0) is 0 Å². The van der Waals surface area contributed by atoms with Crippen molar-refractivity contribution in [1.82, 2.24) is 0 Å². The Morgan fingerprint density at radius 3 is 1.12 bits per heavy atom. The fourth-order valence-corrected chi connectivity index (χ4v) is 0.667. The van der Waals surface area contributed by atoms with Crippen LogP contribution < -0.4 is 0 Å². The maximum atomic E-state index is 2.28. The van der Waals surface area contributed by atoms with Gasteiger partial charge >= 0.3 is 0 Å². The third-order valence-corrected chi connectivity index (χ3v) is 1.32. The molecule has 0 aromatic heterocycles. The molecule has 0 heterocycles. The maximum absolute atomic E-state index is 2.28. The first kappa shape index (κ1) is 8.00. The molecule has 0 saturated heterocycles. The van der Waals surface area contributed by atoms with Crippen LogP contribution in [0.2, 0.25) is 0 Å². The average Bonchev–Trinajstić information content (AvgIpc) is 1.61. The van der Waals surface area contributed by atoms with Gasteiger partial charge in [-0.3, -0.25) is 0 Å². The molecule has 0 fully saturated rings.